The van der Waals surface area contributed by atoms with Crippen molar-refractivity contribution in [2.45, 2.75) is 19.8 Å². The van der Waals surface area contributed by atoms with E-state index in [4.69, 9.17) is 1.37 Å². The Morgan fingerprint density at radius 3 is 2.38 bits per heavy atom. The smallest absolute Gasteiger partial charge is 0.209 e. The van der Waals surface area contributed by atoms with E-state index in [0.717, 1.165) is 10.6 Å². The number of rotatable bonds is 3. The van der Waals surface area contributed by atoms with Gasteiger partial charge in [0.15, 0.2) is 0 Å². The fourth-order valence-electron chi connectivity index (χ4n) is 2.87. The average Bonchev–Trinajstić information content (AvgIpc) is 2.42. The summed E-state index contributed by atoms with van der Waals surface area (Å²) in [5.74, 6) is -0.249. The molecule has 24 heavy (non-hydrogen) atoms. The molecule has 2 rings (SSSR count). The molecule has 7 nitrogen and oxygen atoms in total. The first-order valence-corrected chi connectivity index (χ1v) is 9.05. The molecule has 2 aliphatic rings. The van der Waals surface area contributed by atoms with Crippen LogP contribution >= 0.6 is 24.0 Å². The molecule has 0 aromatic carbocycles. The third-order valence-corrected chi connectivity index (χ3v) is 5.59. The van der Waals surface area contributed by atoms with Crippen molar-refractivity contribution < 1.29 is 52.1 Å². The first-order chi connectivity index (χ1) is 10.5. The van der Waals surface area contributed by atoms with Crippen LogP contribution in [0.4, 0.5) is 0 Å². The summed E-state index contributed by atoms with van der Waals surface area (Å²) in [7, 11) is -3.40. The molecule has 0 bridgehead atoms. The normalized spacial score (nSPS) is 23.1. The minimum Gasteiger partial charge on any atom is -0.490 e. The zero-order chi connectivity index (χ0) is 17.4. The summed E-state index contributed by atoms with van der Waals surface area (Å²) < 4.78 is 31.5. The topological polar surface area (TPSA) is 78.0 Å². The SMILES string of the molecule is I.[3H]C(=O)N1CCC([CH2-])(CN2C(=O)CN(S(C)(=O)=O)C[C-]2C)CC1.[Y]. The molecule has 0 unspecified atom stereocenters. The van der Waals surface area contributed by atoms with Crippen LogP contribution in [0.1, 0.15) is 21.1 Å². The van der Waals surface area contributed by atoms with E-state index in [1.165, 1.54) is 4.90 Å². The van der Waals surface area contributed by atoms with E-state index in [1.807, 2.05) is 0 Å². The molecule has 0 atom stereocenters. The van der Waals surface area contributed by atoms with Gasteiger partial charge in [0.1, 0.15) is 1.37 Å². The number of sulfonamides is 1. The van der Waals surface area contributed by atoms with Crippen LogP contribution in [0.5, 0.6) is 0 Å². The molecule has 137 valence electrons. The van der Waals surface area contributed by atoms with Crippen LogP contribution in [0, 0.1) is 18.4 Å². The van der Waals surface area contributed by atoms with Crippen molar-refractivity contribution in [1.29, 1.82) is 0 Å². The summed E-state index contributed by atoms with van der Waals surface area (Å²) in [4.78, 5) is 26.5. The second-order valence-corrected chi connectivity index (χ2v) is 8.31. The maximum atomic E-state index is 12.3. The number of halogens is 1. The predicted molar refractivity (Wildman–Crippen MR) is 97.1 cm³/mol. The monoisotopic (exact) mass is 548 g/mol. The van der Waals surface area contributed by atoms with Crippen LogP contribution < -0.4 is 0 Å². The number of nitrogens with zero attached hydrogens (tertiary/aromatic N) is 3. The summed E-state index contributed by atoms with van der Waals surface area (Å²) in [5, 5.41) is 0. The van der Waals surface area contributed by atoms with E-state index < -0.39 is 16.4 Å². The number of piperidine rings is 1. The molecule has 0 spiro atoms. The molecule has 0 aliphatic carbocycles. The van der Waals surface area contributed by atoms with Crippen molar-refractivity contribution in [1.82, 2.24) is 14.1 Å². The average molecular weight is 548 g/mol. The van der Waals surface area contributed by atoms with Gasteiger partial charge in [-0.3, -0.25) is 9.59 Å². The van der Waals surface area contributed by atoms with Crippen LogP contribution in [0.15, 0.2) is 0 Å². The molecule has 0 aromatic rings. The van der Waals surface area contributed by atoms with Gasteiger partial charge in [0, 0.05) is 45.8 Å². The van der Waals surface area contributed by atoms with Gasteiger partial charge < -0.3 is 16.7 Å². The molecule has 10 heteroatoms. The summed E-state index contributed by atoms with van der Waals surface area (Å²) in [6.07, 6.45) is 1.64. The third kappa shape index (κ3) is 6.14. The number of carbonyl (C=O) groups is 2. The summed E-state index contributed by atoms with van der Waals surface area (Å²) in [5.41, 5.74) is -0.379. The summed E-state index contributed by atoms with van der Waals surface area (Å²) in [6, 6.07) is 0.689. The van der Waals surface area contributed by atoms with Gasteiger partial charge in [-0.25, -0.2) is 18.8 Å². The maximum absolute atomic E-state index is 12.3. The Kier molecular flexibility index (Phi) is 9.06. The Hall–Kier alpha value is 0.684. The van der Waals surface area contributed by atoms with Gasteiger partial charge in [-0.05, 0) is 6.54 Å². The summed E-state index contributed by atoms with van der Waals surface area (Å²) >= 11 is 0. The van der Waals surface area contributed by atoms with E-state index >= 15 is 0 Å². The molecule has 1 radical (unpaired) electrons. The Labute approximate surface area is 188 Å². The largest absolute Gasteiger partial charge is 0.490 e. The quantitative estimate of drug-likeness (QED) is 0.290. The van der Waals surface area contributed by atoms with Crippen molar-refractivity contribution in [2.24, 2.45) is 5.41 Å². The standard InChI is InChI=1S/C14H23N3O4S.HI.Y/c1-12-8-16(22(3,20)21)9-13(19)17(12)10-14(2)4-6-15(11-18)7-5-14;;/h11H,2,4-10H2,1,3H3;1H;/q-2;;/i11T;;. The number of hydrogen-bond donors (Lipinski definition) is 0. The Morgan fingerprint density at radius 1 is 1.42 bits per heavy atom. The van der Waals surface area contributed by atoms with Gasteiger partial charge in [-0.1, -0.05) is 19.4 Å². The Morgan fingerprint density at radius 2 is 1.96 bits per heavy atom. The molecular formula is C14H24IN3O4SY-2. The molecule has 2 fully saturated rings. The maximum Gasteiger partial charge on any atom is 0.209 e. The van der Waals surface area contributed by atoms with Crippen molar-refractivity contribution in [3.8, 4) is 0 Å². The number of hydrogen-bond acceptors (Lipinski definition) is 4. The molecule has 2 saturated heterocycles. The van der Waals surface area contributed by atoms with E-state index in [0.29, 0.717) is 38.5 Å². The zero-order valence-electron chi connectivity index (χ0n) is 15.0. The van der Waals surface area contributed by atoms with E-state index in [2.05, 4.69) is 6.92 Å². The van der Waals surface area contributed by atoms with Crippen molar-refractivity contribution in [3.63, 3.8) is 0 Å². The van der Waals surface area contributed by atoms with Crippen LogP contribution in [0.2, 0.25) is 0 Å². The van der Waals surface area contributed by atoms with E-state index in [-0.39, 0.29) is 81.1 Å². The first kappa shape index (κ1) is 22.7. The number of amides is 2. The predicted octanol–water partition coefficient (Wildman–Crippen LogP) is 0.330. The third-order valence-electron chi connectivity index (χ3n) is 4.39. The van der Waals surface area contributed by atoms with Gasteiger partial charge in [-0.15, -0.1) is 29.4 Å². The van der Waals surface area contributed by atoms with Crippen LogP contribution in [-0.2, 0) is 52.3 Å². The first-order valence-electron chi connectivity index (χ1n) is 7.71. The minimum absolute atomic E-state index is 0. The fraction of sp³-hybridized carbons (Fsp3) is 0.714. The van der Waals surface area contributed by atoms with Crippen molar-refractivity contribution in [2.75, 3.05) is 39.0 Å². The molecule has 2 heterocycles. The molecule has 0 aromatic heterocycles. The van der Waals surface area contributed by atoms with Crippen LogP contribution in [0.25, 0.3) is 0 Å². The summed E-state index contributed by atoms with van der Waals surface area (Å²) in [6.45, 7) is 7.36. The van der Waals surface area contributed by atoms with Crippen molar-refractivity contribution >= 4 is 46.3 Å². The van der Waals surface area contributed by atoms with Gasteiger partial charge in [0.05, 0.1) is 12.8 Å². The molecule has 2 amide bonds. The second kappa shape index (κ2) is 9.57. The van der Waals surface area contributed by atoms with Crippen molar-refractivity contribution in [3.05, 3.63) is 13.0 Å². The van der Waals surface area contributed by atoms with Gasteiger partial charge in [0.2, 0.25) is 22.3 Å². The molecule has 0 saturated carbocycles. The van der Waals surface area contributed by atoms with Gasteiger partial charge in [-0.2, -0.15) is 6.92 Å². The van der Waals surface area contributed by atoms with Gasteiger partial charge >= 0.3 is 0 Å². The van der Waals surface area contributed by atoms with E-state index in [1.54, 1.807) is 11.8 Å². The van der Waals surface area contributed by atoms with Crippen LogP contribution in [-0.4, -0.2) is 73.8 Å². The Bertz CT molecular complexity index is 599. The van der Waals surface area contributed by atoms with E-state index in [9.17, 15) is 18.0 Å². The zero-order valence-corrected chi connectivity index (χ0v) is 20.0. The number of piperazine rings is 1. The Balaban J connectivity index is 0.00000288. The number of likely N-dealkylation sites (tertiary alicyclic amines) is 1. The number of carbonyl (C=O) groups excluding carboxylic acids is 2. The molecular weight excluding hydrogens is 522 g/mol. The van der Waals surface area contributed by atoms with Crippen LogP contribution in [0.3, 0.4) is 0 Å². The van der Waals surface area contributed by atoms with Gasteiger partial charge in [0.25, 0.3) is 0 Å². The second-order valence-electron chi connectivity index (χ2n) is 6.32. The molecule has 2 aliphatic heterocycles. The fourth-order valence-corrected chi connectivity index (χ4v) is 3.64. The minimum atomic E-state index is -3.40. The molecule has 0 N–H and O–H groups in total.